The first-order valence-corrected chi connectivity index (χ1v) is 5.81. The zero-order chi connectivity index (χ0) is 12.1. The highest BCUT2D eigenvalue weighted by Crippen LogP contribution is 2.16. The fraction of sp³-hybridized carbons (Fsp3) is 0.125. The van der Waals surface area contributed by atoms with E-state index in [0.717, 1.165) is 12.0 Å². The average Bonchev–Trinajstić information content (AvgIpc) is 2.40. The van der Waals surface area contributed by atoms with Crippen molar-refractivity contribution >= 4 is 6.08 Å². The van der Waals surface area contributed by atoms with Crippen molar-refractivity contribution in [2.45, 2.75) is 12.5 Å². The monoisotopic (exact) mass is 223 g/mol. The standard InChI is InChI=1S/C16H17N/c1-2-13-8-10-15(11-9-13)16(17)12-14-6-4-3-5-7-14/h2-11,16H,1,12,17H2/t16-/m1/s1. The first-order valence-electron chi connectivity index (χ1n) is 5.81. The Hall–Kier alpha value is -1.86. The van der Waals surface area contributed by atoms with Crippen molar-refractivity contribution < 1.29 is 0 Å². The van der Waals surface area contributed by atoms with Gasteiger partial charge in [0, 0.05) is 6.04 Å². The molecule has 0 spiro atoms. The minimum atomic E-state index is 0.0521. The van der Waals surface area contributed by atoms with Crippen LogP contribution in [-0.2, 0) is 6.42 Å². The lowest BCUT2D eigenvalue weighted by Crippen LogP contribution is -2.13. The number of hydrogen-bond acceptors (Lipinski definition) is 1. The molecule has 0 aromatic heterocycles. The predicted octanol–water partition coefficient (Wildman–Crippen LogP) is 3.57. The van der Waals surface area contributed by atoms with Crippen LogP contribution in [0.5, 0.6) is 0 Å². The van der Waals surface area contributed by atoms with Crippen LogP contribution in [0.1, 0.15) is 22.7 Å². The molecule has 1 atom stereocenters. The smallest absolute Gasteiger partial charge is 0.0335 e. The first-order chi connectivity index (χ1) is 8.29. The van der Waals surface area contributed by atoms with Gasteiger partial charge in [-0.3, -0.25) is 0 Å². The number of benzene rings is 2. The second kappa shape index (κ2) is 5.46. The van der Waals surface area contributed by atoms with Gasteiger partial charge in [0.05, 0.1) is 0 Å². The van der Waals surface area contributed by atoms with Gasteiger partial charge in [0.1, 0.15) is 0 Å². The maximum atomic E-state index is 6.19. The molecule has 2 N–H and O–H groups in total. The Bertz CT molecular complexity index is 471. The third kappa shape index (κ3) is 3.05. The predicted molar refractivity (Wildman–Crippen MR) is 73.6 cm³/mol. The summed E-state index contributed by atoms with van der Waals surface area (Å²) in [6.07, 6.45) is 2.71. The average molecular weight is 223 g/mol. The van der Waals surface area contributed by atoms with Gasteiger partial charge in [0.25, 0.3) is 0 Å². The summed E-state index contributed by atoms with van der Waals surface area (Å²) in [7, 11) is 0. The third-order valence-electron chi connectivity index (χ3n) is 2.90. The van der Waals surface area contributed by atoms with Crippen LogP contribution < -0.4 is 5.73 Å². The number of rotatable bonds is 4. The van der Waals surface area contributed by atoms with E-state index in [2.05, 4.69) is 30.8 Å². The Balaban J connectivity index is 2.09. The van der Waals surface area contributed by atoms with Crippen LogP contribution in [0.2, 0.25) is 0 Å². The highest BCUT2D eigenvalue weighted by Gasteiger charge is 2.06. The van der Waals surface area contributed by atoms with E-state index in [0.29, 0.717) is 0 Å². The van der Waals surface area contributed by atoms with Gasteiger partial charge in [-0.15, -0.1) is 0 Å². The number of nitrogens with two attached hydrogens (primary N) is 1. The van der Waals surface area contributed by atoms with Crippen molar-refractivity contribution in [3.05, 3.63) is 77.9 Å². The molecular formula is C16H17N. The fourth-order valence-electron chi connectivity index (χ4n) is 1.87. The zero-order valence-electron chi connectivity index (χ0n) is 9.84. The summed E-state index contributed by atoms with van der Waals surface area (Å²) >= 11 is 0. The Morgan fingerprint density at radius 3 is 2.24 bits per heavy atom. The summed E-state index contributed by atoms with van der Waals surface area (Å²) in [5, 5.41) is 0. The van der Waals surface area contributed by atoms with Crippen molar-refractivity contribution in [1.82, 2.24) is 0 Å². The van der Waals surface area contributed by atoms with Gasteiger partial charge < -0.3 is 5.73 Å². The van der Waals surface area contributed by atoms with Gasteiger partial charge in [-0.1, -0.05) is 67.3 Å². The molecule has 2 rings (SSSR count). The highest BCUT2D eigenvalue weighted by molar-refractivity contribution is 5.47. The summed E-state index contributed by atoms with van der Waals surface area (Å²) in [4.78, 5) is 0. The Morgan fingerprint density at radius 1 is 1.00 bits per heavy atom. The SMILES string of the molecule is C=Cc1ccc([C@H](N)Cc2ccccc2)cc1. The molecule has 0 saturated heterocycles. The normalized spacial score (nSPS) is 12.1. The summed E-state index contributed by atoms with van der Waals surface area (Å²) in [5.41, 5.74) is 9.76. The third-order valence-corrected chi connectivity index (χ3v) is 2.90. The quantitative estimate of drug-likeness (QED) is 0.842. The van der Waals surface area contributed by atoms with E-state index in [1.807, 2.05) is 36.4 Å². The Morgan fingerprint density at radius 2 is 1.65 bits per heavy atom. The van der Waals surface area contributed by atoms with Crippen molar-refractivity contribution in [2.75, 3.05) is 0 Å². The topological polar surface area (TPSA) is 26.0 Å². The van der Waals surface area contributed by atoms with Crippen LogP contribution >= 0.6 is 0 Å². The van der Waals surface area contributed by atoms with Gasteiger partial charge >= 0.3 is 0 Å². The first kappa shape index (κ1) is 11.6. The summed E-state index contributed by atoms with van der Waals surface area (Å²) < 4.78 is 0. The van der Waals surface area contributed by atoms with Crippen LogP contribution in [0.4, 0.5) is 0 Å². The molecular weight excluding hydrogens is 206 g/mol. The van der Waals surface area contributed by atoms with Crippen LogP contribution in [0.15, 0.2) is 61.2 Å². The molecule has 17 heavy (non-hydrogen) atoms. The van der Waals surface area contributed by atoms with E-state index in [4.69, 9.17) is 5.73 Å². The lowest BCUT2D eigenvalue weighted by molar-refractivity contribution is 0.722. The molecule has 2 aromatic rings. The molecule has 0 bridgehead atoms. The van der Waals surface area contributed by atoms with Crippen LogP contribution in [-0.4, -0.2) is 0 Å². The van der Waals surface area contributed by atoms with Crippen molar-refractivity contribution in [3.63, 3.8) is 0 Å². The molecule has 0 heterocycles. The van der Waals surface area contributed by atoms with E-state index in [9.17, 15) is 0 Å². The Kier molecular flexibility index (Phi) is 3.73. The second-order valence-electron chi connectivity index (χ2n) is 4.17. The molecule has 1 heteroatoms. The molecule has 0 fully saturated rings. The fourth-order valence-corrected chi connectivity index (χ4v) is 1.87. The molecule has 86 valence electrons. The van der Waals surface area contributed by atoms with Crippen LogP contribution in [0.25, 0.3) is 6.08 Å². The molecule has 2 aromatic carbocycles. The van der Waals surface area contributed by atoms with Gasteiger partial charge in [-0.25, -0.2) is 0 Å². The summed E-state index contributed by atoms with van der Waals surface area (Å²) in [6.45, 7) is 3.74. The van der Waals surface area contributed by atoms with E-state index in [-0.39, 0.29) is 6.04 Å². The minimum absolute atomic E-state index is 0.0521. The highest BCUT2D eigenvalue weighted by atomic mass is 14.6. The summed E-state index contributed by atoms with van der Waals surface area (Å²) in [5.74, 6) is 0. The number of hydrogen-bond donors (Lipinski definition) is 1. The molecule has 0 aliphatic carbocycles. The second-order valence-corrected chi connectivity index (χ2v) is 4.17. The van der Waals surface area contributed by atoms with E-state index in [1.54, 1.807) is 0 Å². The van der Waals surface area contributed by atoms with Gasteiger partial charge in [-0.05, 0) is 23.1 Å². The molecule has 0 aliphatic heterocycles. The van der Waals surface area contributed by atoms with Crippen LogP contribution in [0, 0.1) is 0 Å². The van der Waals surface area contributed by atoms with Crippen molar-refractivity contribution in [2.24, 2.45) is 5.73 Å². The van der Waals surface area contributed by atoms with Gasteiger partial charge in [0.2, 0.25) is 0 Å². The largest absolute Gasteiger partial charge is 0.324 e. The molecule has 0 unspecified atom stereocenters. The van der Waals surface area contributed by atoms with E-state index < -0.39 is 0 Å². The van der Waals surface area contributed by atoms with Crippen molar-refractivity contribution in [3.8, 4) is 0 Å². The minimum Gasteiger partial charge on any atom is -0.324 e. The molecule has 0 amide bonds. The van der Waals surface area contributed by atoms with Crippen molar-refractivity contribution in [1.29, 1.82) is 0 Å². The lowest BCUT2D eigenvalue weighted by atomic mass is 9.99. The van der Waals surface area contributed by atoms with E-state index >= 15 is 0 Å². The van der Waals surface area contributed by atoms with Gasteiger partial charge in [0.15, 0.2) is 0 Å². The van der Waals surface area contributed by atoms with E-state index in [1.165, 1.54) is 11.1 Å². The zero-order valence-corrected chi connectivity index (χ0v) is 9.84. The lowest BCUT2D eigenvalue weighted by Gasteiger charge is -2.12. The Labute approximate surface area is 103 Å². The van der Waals surface area contributed by atoms with Gasteiger partial charge in [-0.2, -0.15) is 0 Å². The maximum absolute atomic E-state index is 6.19. The summed E-state index contributed by atoms with van der Waals surface area (Å²) in [6, 6.07) is 18.6. The molecule has 0 radical (unpaired) electrons. The van der Waals surface area contributed by atoms with Crippen LogP contribution in [0.3, 0.4) is 0 Å². The molecule has 0 aliphatic rings. The maximum Gasteiger partial charge on any atom is 0.0335 e. The molecule has 0 saturated carbocycles. The molecule has 1 nitrogen and oxygen atoms in total.